The minimum atomic E-state index is -3.97. The molecule has 0 saturated carbocycles. The SMILES string of the molecule is CC(CN)(C(=O)O)S(=O)(=O)c1ccccc1. The Morgan fingerprint density at radius 2 is 1.88 bits per heavy atom. The van der Waals surface area contributed by atoms with Crippen molar-refractivity contribution in [2.45, 2.75) is 16.6 Å². The fraction of sp³-hybridized carbons (Fsp3) is 0.300. The number of aliphatic carboxylic acids is 1. The summed E-state index contributed by atoms with van der Waals surface area (Å²) >= 11 is 0. The lowest BCUT2D eigenvalue weighted by Crippen LogP contribution is -2.49. The van der Waals surface area contributed by atoms with E-state index < -0.39 is 27.1 Å². The first-order valence-electron chi connectivity index (χ1n) is 4.59. The van der Waals surface area contributed by atoms with Gasteiger partial charge in [0.25, 0.3) is 0 Å². The predicted molar refractivity (Wildman–Crippen MR) is 58.7 cm³/mol. The lowest BCUT2D eigenvalue weighted by molar-refractivity contribution is -0.139. The minimum Gasteiger partial charge on any atom is -0.480 e. The fourth-order valence-electron chi connectivity index (χ4n) is 1.17. The van der Waals surface area contributed by atoms with Crippen LogP contribution in [0.15, 0.2) is 35.2 Å². The number of rotatable bonds is 4. The summed E-state index contributed by atoms with van der Waals surface area (Å²) in [6.07, 6.45) is 0. The summed E-state index contributed by atoms with van der Waals surface area (Å²) in [4.78, 5) is 11.0. The van der Waals surface area contributed by atoms with E-state index in [-0.39, 0.29) is 4.90 Å². The normalized spacial score (nSPS) is 15.4. The summed E-state index contributed by atoms with van der Waals surface area (Å²) in [6, 6.07) is 7.43. The number of hydrogen-bond donors (Lipinski definition) is 2. The molecule has 0 spiro atoms. The molecule has 1 atom stereocenters. The monoisotopic (exact) mass is 243 g/mol. The van der Waals surface area contributed by atoms with Gasteiger partial charge in [-0.05, 0) is 19.1 Å². The van der Waals surface area contributed by atoms with Gasteiger partial charge in [0.05, 0.1) is 4.90 Å². The number of carboxylic acid groups (broad SMARTS) is 1. The van der Waals surface area contributed by atoms with Gasteiger partial charge in [0.15, 0.2) is 14.6 Å². The highest BCUT2D eigenvalue weighted by atomic mass is 32.2. The molecule has 1 unspecified atom stereocenters. The van der Waals surface area contributed by atoms with Crippen LogP contribution < -0.4 is 5.73 Å². The van der Waals surface area contributed by atoms with E-state index >= 15 is 0 Å². The van der Waals surface area contributed by atoms with Gasteiger partial charge >= 0.3 is 5.97 Å². The minimum absolute atomic E-state index is 0.0367. The molecule has 1 aromatic rings. The number of sulfone groups is 1. The standard InChI is InChI=1S/C10H13NO4S/c1-10(7-11,9(12)13)16(14,15)8-5-3-2-4-6-8/h2-6H,7,11H2,1H3,(H,12,13). The largest absolute Gasteiger partial charge is 0.480 e. The summed E-state index contributed by atoms with van der Waals surface area (Å²) in [5, 5.41) is 8.97. The average molecular weight is 243 g/mol. The van der Waals surface area contributed by atoms with Crippen LogP contribution in [0.2, 0.25) is 0 Å². The molecule has 88 valence electrons. The Kier molecular flexibility index (Phi) is 3.35. The summed E-state index contributed by atoms with van der Waals surface area (Å²) in [7, 11) is -3.97. The van der Waals surface area contributed by atoms with Crippen LogP contribution in [-0.4, -0.2) is 30.8 Å². The first kappa shape index (κ1) is 12.7. The van der Waals surface area contributed by atoms with Crippen LogP contribution in [0.5, 0.6) is 0 Å². The van der Waals surface area contributed by atoms with E-state index in [9.17, 15) is 13.2 Å². The van der Waals surface area contributed by atoms with Crippen LogP contribution in [-0.2, 0) is 14.6 Å². The second-order valence-corrected chi connectivity index (χ2v) is 5.94. The van der Waals surface area contributed by atoms with Gasteiger partial charge in [-0.25, -0.2) is 8.42 Å². The maximum Gasteiger partial charge on any atom is 0.326 e. The lowest BCUT2D eigenvalue weighted by Gasteiger charge is -2.22. The fourth-order valence-corrected chi connectivity index (χ4v) is 2.66. The van der Waals surface area contributed by atoms with Gasteiger partial charge in [-0.1, -0.05) is 18.2 Å². The highest BCUT2D eigenvalue weighted by molar-refractivity contribution is 7.93. The maximum absolute atomic E-state index is 12.1. The third-order valence-electron chi connectivity index (χ3n) is 2.49. The number of carboxylic acids is 1. The molecule has 0 radical (unpaired) electrons. The van der Waals surface area contributed by atoms with Crippen LogP contribution in [0.1, 0.15) is 6.92 Å². The molecule has 5 nitrogen and oxygen atoms in total. The summed E-state index contributed by atoms with van der Waals surface area (Å²) < 4.78 is 22.1. The van der Waals surface area contributed by atoms with Crippen molar-refractivity contribution in [3.63, 3.8) is 0 Å². The molecule has 0 fully saturated rings. The molecule has 0 aliphatic carbocycles. The second kappa shape index (κ2) is 4.23. The highest BCUT2D eigenvalue weighted by Crippen LogP contribution is 2.24. The molecule has 3 N–H and O–H groups in total. The first-order chi connectivity index (χ1) is 7.36. The van der Waals surface area contributed by atoms with Crippen molar-refractivity contribution < 1.29 is 18.3 Å². The van der Waals surface area contributed by atoms with Crippen LogP contribution in [0, 0.1) is 0 Å². The molecule has 0 aliphatic rings. The van der Waals surface area contributed by atoms with Crippen molar-refractivity contribution in [3.8, 4) is 0 Å². The zero-order valence-corrected chi connectivity index (χ0v) is 9.57. The second-order valence-electron chi connectivity index (χ2n) is 3.56. The quantitative estimate of drug-likeness (QED) is 0.790. The van der Waals surface area contributed by atoms with Crippen LogP contribution in [0.4, 0.5) is 0 Å². The number of hydrogen-bond acceptors (Lipinski definition) is 4. The Balaban J connectivity index is 3.37. The van der Waals surface area contributed by atoms with Crippen molar-refractivity contribution in [3.05, 3.63) is 30.3 Å². The average Bonchev–Trinajstić information content (AvgIpc) is 2.28. The molecular weight excluding hydrogens is 230 g/mol. The van der Waals surface area contributed by atoms with E-state index in [2.05, 4.69) is 0 Å². The lowest BCUT2D eigenvalue weighted by atomic mass is 10.2. The molecule has 6 heteroatoms. The van der Waals surface area contributed by atoms with Crippen LogP contribution in [0.3, 0.4) is 0 Å². The molecule has 0 heterocycles. The van der Waals surface area contributed by atoms with Gasteiger partial charge in [-0.3, -0.25) is 4.79 Å². The highest BCUT2D eigenvalue weighted by Gasteiger charge is 2.46. The van der Waals surface area contributed by atoms with E-state index in [1.807, 2.05) is 0 Å². The predicted octanol–water partition coefficient (Wildman–Crippen LogP) is 0.262. The van der Waals surface area contributed by atoms with E-state index in [1.165, 1.54) is 24.3 Å². The smallest absolute Gasteiger partial charge is 0.326 e. The van der Waals surface area contributed by atoms with Gasteiger partial charge in [0.2, 0.25) is 0 Å². The molecule has 0 aliphatic heterocycles. The molecule has 0 aromatic heterocycles. The van der Waals surface area contributed by atoms with Crippen molar-refractivity contribution in [1.29, 1.82) is 0 Å². The molecular formula is C10H13NO4S. The van der Waals surface area contributed by atoms with Gasteiger partial charge in [-0.15, -0.1) is 0 Å². The molecule has 0 bridgehead atoms. The summed E-state index contributed by atoms with van der Waals surface area (Å²) in [5.74, 6) is -1.45. The van der Waals surface area contributed by atoms with Gasteiger partial charge in [0.1, 0.15) is 0 Å². The Bertz CT molecular complexity index is 483. The molecule has 0 saturated heterocycles. The Morgan fingerprint density at radius 1 is 1.38 bits per heavy atom. The molecule has 0 amide bonds. The molecule has 1 aromatic carbocycles. The van der Waals surface area contributed by atoms with Crippen molar-refractivity contribution in [2.24, 2.45) is 5.73 Å². The van der Waals surface area contributed by atoms with E-state index in [4.69, 9.17) is 10.8 Å². The van der Waals surface area contributed by atoms with Crippen molar-refractivity contribution >= 4 is 15.8 Å². The Morgan fingerprint density at radius 3 is 2.25 bits per heavy atom. The van der Waals surface area contributed by atoms with Crippen LogP contribution >= 0.6 is 0 Å². The van der Waals surface area contributed by atoms with Gasteiger partial charge in [0, 0.05) is 6.54 Å². The van der Waals surface area contributed by atoms with E-state index in [0.29, 0.717) is 0 Å². The molecule has 1 rings (SSSR count). The van der Waals surface area contributed by atoms with Gasteiger partial charge < -0.3 is 10.8 Å². The third kappa shape index (κ3) is 1.81. The topological polar surface area (TPSA) is 97.5 Å². The summed E-state index contributed by atoms with van der Waals surface area (Å²) in [5.41, 5.74) is 5.27. The summed E-state index contributed by atoms with van der Waals surface area (Å²) in [6.45, 7) is 0.636. The molecule has 16 heavy (non-hydrogen) atoms. The van der Waals surface area contributed by atoms with Crippen molar-refractivity contribution in [2.75, 3.05) is 6.54 Å². The maximum atomic E-state index is 12.1. The number of benzene rings is 1. The number of carbonyl (C=O) groups is 1. The van der Waals surface area contributed by atoms with E-state index in [1.54, 1.807) is 6.07 Å². The Labute approximate surface area is 93.8 Å². The Hall–Kier alpha value is -1.40. The zero-order chi connectivity index (χ0) is 12.4. The van der Waals surface area contributed by atoms with Crippen molar-refractivity contribution in [1.82, 2.24) is 0 Å². The first-order valence-corrected chi connectivity index (χ1v) is 6.07. The van der Waals surface area contributed by atoms with E-state index in [0.717, 1.165) is 6.92 Å². The van der Waals surface area contributed by atoms with Crippen LogP contribution in [0.25, 0.3) is 0 Å². The van der Waals surface area contributed by atoms with Gasteiger partial charge in [-0.2, -0.15) is 0 Å². The third-order valence-corrected chi connectivity index (χ3v) is 4.91. The zero-order valence-electron chi connectivity index (χ0n) is 8.75. The number of nitrogens with two attached hydrogens (primary N) is 1.